The molecule has 0 aromatic heterocycles. The second kappa shape index (κ2) is 18.5. The van der Waals surface area contributed by atoms with Crippen LogP contribution in [0, 0.1) is 5.82 Å². The first-order valence-corrected chi connectivity index (χ1v) is 13.2. The highest BCUT2D eigenvalue weighted by molar-refractivity contribution is 5.30. The molecule has 2 unspecified atom stereocenters. The Hall–Kier alpha value is -1.09. The molecular formula is C28H48FO2. The molecule has 0 N–H and O–H groups in total. The Kier molecular flexibility index (Phi) is 16.7. The number of unbranched alkanes of at least 4 members (excludes halogenated alkanes) is 11. The number of ether oxygens (including phenoxy) is 1. The number of hydrogen-bond acceptors (Lipinski definition) is 1. The van der Waals surface area contributed by atoms with E-state index in [-0.39, 0.29) is 11.7 Å². The van der Waals surface area contributed by atoms with Crippen LogP contribution in [0.4, 0.5) is 4.39 Å². The summed E-state index contributed by atoms with van der Waals surface area (Å²) in [6.07, 6.45) is 17.6. The summed E-state index contributed by atoms with van der Waals surface area (Å²) >= 11 is 0. The van der Waals surface area contributed by atoms with Crippen LogP contribution < -0.4 is 4.74 Å². The molecule has 1 radical (unpaired) electrons. The molecule has 3 heteroatoms. The molecule has 1 rings (SSSR count). The van der Waals surface area contributed by atoms with E-state index in [2.05, 4.69) is 13.8 Å². The fraction of sp³-hybridized carbons (Fsp3) is 0.786. The summed E-state index contributed by atoms with van der Waals surface area (Å²) in [5.41, 5.74) is 0.703. The summed E-state index contributed by atoms with van der Waals surface area (Å²) in [7, 11) is 0. The number of halogens is 1. The van der Waals surface area contributed by atoms with Gasteiger partial charge in [0.1, 0.15) is 11.6 Å². The maximum absolute atomic E-state index is 14.6. The third kappa shape index (κ3) is 13.8. The minimum Gasteiger partial charge on any atom is -0.493 e. The van der Waals surface area contributed by atoms with Crippen LogP contribution in [0.1, 0.15) is 135 Å². The predicted molar refractivity (Wildman–Crippen MR) is 130 cm³/mol. The highest BCUT2D eigenvalue weighted by atomic mass is 19.1. The fourth-order valence-corrected chi connectivity index (χ4v) is 4.13. The summed E-state index contributed by atoms with van der Waals surface area (Å²) in [5.74, 6) is 0.478. The van der Waals surface area contributed by atoms with Crippen molar-refractivity contribution in [3.63, 3.8) is 0 Å². The Balaban J connectivity index is 2.22. The molecule has 0 aliphatic carbocycles. The van der Waals surface area contributed by atoms with Gasteiger partial charge in [0.2, 0.25) is 0 Å². The summed E-state index contributed by atoms with van der Waals surface area (Å²) in [4.78, 5) is 0. The van der Waals surface area contributed by atoms with E-state index in [0.717, 1.165) is 32.1 Å². The van der Waals surface area contributed by atoms with Gasteiger partial charge >= 0.3 is 0 Å². The highest BCUT2D eigenvalue weighted by Crippen LogP contribution is 2.28. The van der Waals surface area contributed by atoms with Crippen LogP contribution in [0.15, 0.2) is 18.2 Å². The lowest BCUT2D eigenvalue weighted by Crippen LogP contribution is -2.08. The minimum atomic E-state index is -0.513. The Morgan fingerprint density at radius 1 is 0.774 bits per heavy atom. The SMILES string of the molecule is CCCCCCCCCCOc1ccc(C(C)CCC([O])CCCCCCC)c(F)c1. The molecule has 0 saturated heterocycles. The maximum atomic E-state index is 14.6. The van der Waals surface area contributed by atoms with Gasteiger partial charge in [-0.3, -0.25) is 0 Å². The molecule has 0 fully saturated rings. The molecule has 1 aromatic carbocycles. The zero-order chi connectivity index (χ0) is 22.7. The van der Waals surface area contributed by atoms with Crippen LogP contribution in [0.3, 0.4) is 0 Å². The van der Waals surface area contributed by atoms with Crippen LogP contribution in [0.2, 0.25) is 0 Å². The third-order valence-electron chi connectivity index (χ3n) is 6.32. The van der Waals surface area contributed by atoms with Crippen molar-refractivity contribution in [3.05, 3.63) is 29.6 Å². The first-order chi connectivity index (χ1) is 15.1. The lowest BCUT2D eigenvalue weighted by atomic mass is 9.93. The van der Waals surface area contributed by atoms with E-state index in [4.69, 9.17) is 4.74 Å². The van der Waals surface area contributed by atoms with Gasteiger partial charge in [0, 0.05) is 6.07 Å². The van der Waals surface area contributed by atoms with E-state index < -0.39 is 6.10 Å². The molecule has 2 atom stereocenters. The Morgan fingerprint density at radius 2 is 1.35 bits per heavy atom. The van der Waals surface area contributed by atoms with Crippen LogP contribution in [0.25, 0.3) is 0 Å². The third-order valence-corrected chi connectivity index (χ3v) is 6.32. The Bertz CT molecular complexity index is 546. The molecule has 0 heterocycles. The second-order valence-corrected chi connectivity index (χ2v) is 9.31. The standard InChI is InChI=1S/C28H48FO2/c1-4-6-8-10-11-12-14-16-22-31-26-20-21-27(28(29)23-26)24(3)18-19-25(30)17-15-13-9-7-5-2/h20-21,23-25H,4-19,22H2,1-3H3. The van der Waals surface area contributed by atoms with Crippen LogP contribution in [0.5, 0.6) is 5.75 Å². The van der Waals surface area contributed by atoms with Crippen molar-refractivity contribution in [1.82, 2.24) is 0 Å². The van der Waals surface area contributed by atoms with Crippen molar-refractivity contribution in [1.29, 1.82) is 0 Å². The maximum Gasteiger partial charge on any atom is 0.130 e. The smallest absolute Gasteiger partial charge is 0.130 e. The Morgan fingerprint density at radius 3 is 1.97 bits per heavy atom. The summed E-state index contributed by atoms with van der Waals surface area (Å²) in [6, 6.07) is 5.23. The van der Waals surface area contributed by atoms with Gasteiger partial charge in [0.25, 0.3) is 0 Å². The van der Waals surface area contributed by atoms with Gasteiger partial charge in [-0.25, -0.2) is 9.50 Å². The lowest BCUT2D eigenvalue weighted by molar-refractivity contribution is 0.0680. The molecule has 0 amide bonds. The van der Waals surface area contributed by atoms with E-state index in [0.29, 0.717) is 24.3 Å². The van der Waals surface area contributed by atoms with Gasteiger partial charge < -0.3 is 4.74 Å². The predicted octanol–water partition coefficient (Wildman–Crippen LogP) is 9.39. The molecule has 2 nitrogen and oxygen atoms in total. The van der Waals surface area contributed by atoms with E-state index in [1.165, 1.54) is 70.3 Å². The van der Waals surface area contributed by atoms with Gasteiger partial charge in [-0.2, -0.15) is 0 Å². The second-order valence-electron chi connectivity index (χ2n) is 9.31. The van der Waals surface area contributed by atoms with Gasteiger partial charge in [-0.15, -0.1) is 0 Å². The van der Waals surface area contributed by atoms with Gasteiger partial charge in [-0.1, -0.05) is 104 Å². The minimum absolute atomic E-state index is 0.0679. The van der Waals surface area contributed by atoms with E-state index in [1.54, 1.807) is 0 Å². The largest absolute Gasteiger partial charge is 0.493 e. The van der Waals surface area contributed by atoms with Crippen molar-refractivity contribution in [3.8, 4) is 5.75 Å². The van der Waals surface area contributed by atoms with E-state index in [9.17, 15) is 9.50 Å². The molecular weight excluding hydrogens is 387 g/mol. The number of benzene rings is 1. The topological polar surface area (TPSA) is 29.1 Å². The Labute approximate surface area is 192 Å². The lowest BCUT2D eigenvalue weighted by Gasteiger charge is -2.16. The zero-order valence-electron chi connectivity index (χ0n) is 20.6. The van der Waals surface area contributed by atoms with Crippen LogP contribution in [-0.4, -0.2) is 12.7 Å². The first-order valence-electron chi connectivity index (χ1n) is 13.2. The molecule has 31 heavy (non-hydrogen) atoms. The number of rotatable bonds is 20. The summed E-state index contributed by atoms with van der Waals surface area (Å²) in [6.45, 7) is 7.12. The van der Waals surface area contributed by atoms with Crippen molar-refractivity contribution < 1.29 is 14.2 Å². The van der Waals surface area contributed by atoms with Gasteiger partial charge in [0.05, 0.1) is 12.7 Å². The number of hydrogen-bond donors (Lipinski definition) is 0. The molecule has 1 aromatic rings. The fourth-order valence-electron chi connectivity index (χ4n) is 4.13. The molecule has 0 bridgehead atoms. The highest BCUT2D eigenvalue weighted by Gasteiger charge is 2.15. The zero-order valence-corrected chi connectivity index (χ0v) is 20.6. The molecule has 0 aliphatic rings. The van der Waals surface area contributed by atoms with Crippen molar-refractivity contribution >= 4 is 0 Å². The van der Waals surface area contributed by atoms with Gasteiger partial charge in [0.15, 0.2) is 0 Å². The monoisotopic (exact) mass is 435 g/mol. The van der Waals surface area contributed by atoms with Gasteiger partial charge in [-0.05, 0) is 43.2 Å². The van der Waals surface area contributed by atoms with Crippen molar-refractivity contribution in [2.45, 2.75) is 136 Å². The molecule has 0 spiro atoms. The molecule has 0 aliphatic heterocycles. The van der Waals surface area contributed by atoms with E-state index in [1.807, 2.05) is 19.1 Å². The summed E-state index contributed by atoms with van der Waals surface area (Å²) < 4.78 is 20.3. The van der Waals surface area contributed by atoms with Crippen LogP contribution >= 0.6 is 0 Å². The van der Waals surface area contributed by atoms with E-state index >= 15 is 0 Å². The molecule has 179 valence electrons. The van der Waals surface area contributed by atoms with Crippen LogP contribution in [-0.2, 0) is 5.11 Å². The van der Waals surface area contributed by atoms with Crippen molar-refractivity contribution in [2.24, 2.45) is 0 Å². The average molecular weight is 436 g/mol. The first kappa shape index (κ1) is 27.9. The average Bonchev–Trinajstić information content (AvgIpc) is 2.76. The van der Waals surface area contributed by atoms with Crippen molar-refractivity contribution in [2.75, 3.05) is 6.61 Å². The summed E-state index contributed by atoms with van der Waals surface area (Å²) in [5, 5.41) is 12.2. The quantitative estimate of drug-likeness (QED) is 0.187. The normalized spacial score (nSPS) is 13.3. The molecule has 0 saturated carbocycles.